The molecular weight excluding hydrogens is 520 g/mol. The minimum Gasteiger partial charge on any atom is -0.384 e. The van der Waals surface area contributed by atoms with Crippen LogP contribution in [0.15, 0.2) is 60.7 Å². The Morgan fingerprint density at radius 3 is 1.14 bits per heavy atom. The van der Waals surface area contributed by atoms with Gasteiger partial charge < -0.3 is 18.9 Å². The molecule has 2 aromatic carbocycles. The maximum atomic E-state index is 5.66. The van der Waals surface area contributed by atoms with Gasteiger partial charge in [-0.2, -0.15) is 0 Å². The Hall–Kier alpha value is -1.72. The van der Waals surface area contributed by atoms with E-state index >= 15 is 0 Å². The SMILES string of the molecule is COCC(COC)(CC1CCCCC1)CC1CCCCC1.COCC(COC)(Cc1ccccc1)Cc1ccccc1. The van der Waals surface area contributed by atoms with Gasteiger partial charge in [-0.3, -0.25) is 0 Å². The summed E-state index contributed by atoms with van der Waals surface area (Å²) in [6.07, 6.45) is 18.9. The molecule has 0 spiro atoms. The van der Waals surface area contributed by atoms with Crippen LogP contribution in [0.4, 0.5) is 0 Å². The first-order valence-corrected chi connectivity index (χ1v) is 16.6. The van der Waals surface area contributed by atoms with Gasteiger partial charge in [-0.05, 0) is 48.6 Å². The maximum absolute atomic E-state index is 5.66. The summed E-state index contributed by atoms with van der Waals surface area (Å²) in [5.41, 5.74) is 2.88. The molecule has 4 heteroatoms. The highest BCUT2D eigenvalue weighted by Crippen LogP contribution is 2.42. The number of ether oxygens (including phenoxy) is 4. The van der Waals surface area contributed by atoms with Crippen molar-refractivity contribution in [2.45, 2.75) is 89.9 Å². The van der Waals surface area contributed by atoms with Crippen LogP contribution >= 0.6 is 0 Å². The molecule has 0 heterocycles. The second kappa shape index (κ2) is 19.5. The average molecular weight is 581 g/mol. The molecule has 2 aliphatic carbocycles. The third-order valence-electron chi connectivity index (χ3n) is 9.54. The first-order chi connectivity index (χ1) is 20.6. The molecule has 0 N–H and O–H groups in total. The van der Waals surface area contributed by atoms with E-state index < -0.39 is 0 Å². The van der Waals surface area contributed by atoms with E-state index in [0.717, 1.165) is 37.9 Å². The lowest BCUT2D eigenvalue weighted by molar-refractivity contribution is -0.0277. The van der Waals surface area contributed by atoms with E-state index in [-0.39, 0.29) is 10.8 Å². The normalized spacial score (nSPS) is 17.0. The molecule has 2 aromatic rings. The van der Waals surface area contributed by atoms with Crippen LogP contribution in [0, 0.1) is 22.7 Å². The highest BCUT2D eigenvalue weighted by molar-refractivity contribution is 5.21. The van der Waals surface area contributed by atoms with Crippen LogP contribution in [0.3, 0.4) is 0 Å². The fourth-order valence-electron chi connectivity index (χ4n) is 7.96. The van der Waals surface area contributed by atoms with Crippen molar-refractivity contribution in [1.29, 1.82) is 0 Å². The summed E-state index contributed by atoms with van der Waals surface area (Å²) in [6, 6.07) is 21.1. The van der Waals surface area contributed by atoms with Crippen molar-refractivity contribution < 1.29 is 18.9 Å². The Kier molecular flexibility index (Phi) is 16.2. The van der Waals surface area contributed by atoms with Crippen LogP contribution in [0.5, 0.6) is 0 Å². The molecule has 236 valence electrons. The lowest BCUT2D eigenvalue weighted by atomic mass is 9.69. The van der Waals surface area contributed by atoms with Crippen molar-refractivity contribution in [3.8, 4) is 0 Å². The summed E-state index contributed by atoms with van der Waals surface area (Å²) < 4.78 is 22.4. The monoisotopic (exact) mass is 580 g/mol. The minimum atomic E-state index is -0.0355. The van der Waals surface area contributed by atoms with Gasteiger partial charge in [-0.25, -0.2) is 0 Å². The second-order valence-corrected chi connectivity index (χ2v) is 13.5. The van der Waals surface area contributed by atoms with Crippen molar-refractivity contribution in [2.24, 2.45) is 22.7 Å². The van der Waals surface area contributed by atoms with Gasteiger partial charge in [0.05, 0.1) is 26.4 Å². The van der Waals surface area contributed by atoms with E-state index in [1.54, 1.807) is 14.2 Å². The van der Waals surface area contributed by atoms with E-state index in [0.29, 0.717) is 13.2 Å². The Balaban J connectivity index is 0.000000230. The smallest absolute Gasteiger partial charge is 0.0547 e. The van der Waals surface area contributed by atoms with Crippen molar-refractivity contribution in [3.05, 3.63) is 71.8 Å². The van der Waals surface area contributed by atoms with Gasteiger partial charge in [0.15, 0.2) is 0 Å². The summed E-state index contributed by atoms with van der Waals surface area (Å²) in [4.78, 5) is 0. The molecule has 0 amide bonds. The summed E-state index contributed by atoms with van der Waals surface area (Å²) in [6.45, 7) is 3.14. The van der Waals surface area contributed by atoms with Gasteiger partial charge in [0.25, 0.3) is 0 Å². The molecule has 2 aliphatic rings. The molecule has 0 unspecified atom stereocenters. The van der Waals surface area contributed by atoms with Crippen LogP contribution in [0.25, 0.3) is 0 Å². The van der Waals surface area contributed by atoms with Crippen molar-refractivity contribution in [1.82, 2.24) is 0 Å². The van der Waals surface area contributed by atoms with E-state index in [9.17, 15) is 0 Å². The molecule has 0 radical (unpaired) electrons. The van der Waals surface area contributed by atoms with Gasteiger partial charge in [0.2, 0.25) is 0 Å². The number of methoxy groups -OCH3 is 4. The third-order valence-corrected chi connectivity index (χ3v) is 9.54. The molecule has 0 atom stereocenters. The minimum absolute atomic E-state index is 0.0355. The zero-order valence-corrected chi connectivity index (χ0v) is 27.3. The summed E-state index contributed by atoms with van der Waals surface area (Å²) in [7, 11) is 7.26. The van der Waals surface area contributed by atoms with E-state index in [2.05, 4.69) is 60.7 Å². The van der Waals surface area contributed by atoms with Crippen LogP contribution < -0.4 is 0 Å². The van der Waals surface area contributed by atoms with Crippen LogP contribution in [-0.2, 0) is 31.8 Å². The zero-order valence-electron chi connectivity index (χ0n) is 27.3. The first kappa shape index (κ1) is 34.8. The largest absolute Gasteiger partial charge is 0.384 e. The van der Waals surface area contributed by atoms with E-state index in [4.69, 9.17) is 18.9 Å². The maximum Gasteiger partial charge on any atom is 0.0547 e. The Morgan fingerprint density at radius 1 is 0.476 bits per heavy atom. The molecule has 0 aromatic heterocycles. The van der Waals surface area contributed by atoms with E-state index in [1.807, 2.05) is 14.2 Å². The fourth-order valence-corrected chi connectivity index (χ4v) is 7.96. The van der Waals surface area contributed by atoms with Crippen LogP contribution in [0.1, 0.15) is 88.2 Å². The van der Waals surface area contributed by atoms with Crippen molar-refractivity contribution >= 4 is 0 Å². The van der Waals surface area contributed by atoms with E-state index in [1.165, 1.54) is 88.2 Å². The summed E-state index contributed by atoms with van der Waals surface area (Å²) in [5, 5.41) is 0. The van der Waals surface area contributed by atoms with Crippen LogP contribution in [0.2, 0.25) is 0 Å². The van der Waals surface area contributed by atoms with Crippen molar-refractivity contribution in [2.75, 3.05) is 54.9 Å². The van der Waals surface area contributed by atoms with Gasteiger partial charge in [0.1, 0.15) is 0 Å². The number of benzene rings is 2. The van der Waals surface area contributed by atoms with Crippen molar-refractivity contribution in [3.63, 3.8) is 0 Å². The van der Waals surface area contributed by atoms with Gasteiger partial charge in [0, 0.05) is 39.3 Å². The quantitative estimate of drug-likeness (QED) is 0.199. The molecule has 2 fully saturated rings. The topological polar surface area (TPSA) is 36.9 Å². The second-order valence-electron chi connectivity index (χ2n) is 13.5. The highest BCUT2D eigenvalue weighted by atomic mass is 16.5. The summed E-state index contributed by atoms with van der Waals surface area (Å²) in [5.74, 6) is 1.82. The van der Waals surface area contributed by atoms with Crippen LogP contribution in [-0.4, -0.2) is 54.9 Å². The molecular formula is C38H60O4. The average Bonchev–Trinajstić information content (AvgIpc) is 3.00. The highest BCUT2D eigenvalue weighted by Gasteiger charge is 2.36. The number of hydrogen-bond acceptors (Lipinski definition) is 4. The Morgan fingerprint density at radius 2 is 0.810 bits per heavy atom. The summed E-state index contributed by atoms with van der Waals surface area (Å²) >= 11 is 0. The third kappa shape index (κ3) is 12.1. The molecule has 0 aliphatic heterocycles. The molecule has 42 heavy (non-hydrogen) atoms. The number of rotatable bonds is 16. The zero-order chi connectivity index (χ0) is 29.9. The van der Waals surface area contributed by atoms with Gasteiger partial charge >= 0.3 is 0 Å². The predicted molar refractivity (Wildman–Crippen MR) is 175 cm³/mol. The molecule has 4 nitrogen and oxygen atoms in total. The standard InChI is InChI=1S/C19H36O2.C19H24O2/c2*1-20-15-19(16-21-2,13-17-9-5-3-6-10-17)14-18-11-7-4-8-12-18/h17-18H,3-16H2,1-2H3;3-12H,13-16H2,1-2H3. The lowest BCUT2D eigenvalue weighted by Crippen LogP contribution is -2.37. The van der Waals surface area contributed by atoms with Gasteiger partial charge in [-0.15, -0.1) is 0 Å². The molecule has 0 bridgehead atoms. The molecule has 2 saturated carbocycles. The first-order valence-electron chi connectivity index (χ1n) is 16.6. The Labute approximate surface area is 257 Å². The molecule has 0 saturated heterocycles. The lowest BCUT2D eigenvalue weighted by Gasteiger charge is -2.40. The number of hydrogen-bond donors (Lipinski definition) is 0. The fraction of sp³-hybridized carbons (Fsp3) is 0.684. The van der Waals surface area contributed by atoms with Gasteiger partial charge in [-0.1, -0.05) is 125 Å². The Bertz CT molecular complexity index is 841. The molecule has 4 rings (SSSR count). The predicted octanol–water partition coefficient (Wildman–Crippen LogP) is 8.96.